The zero-order valence-electron chi connectivity index (χ0n) is 21.3. The lowest BCUT2D eigenvalue weighted by Crippen LogP contribution is -2.31. The van der Waals surface area contributed by atoms with E-state index in [4.69, 9.17) is 10.1 Å². The molecule has 3 aromatic rings. The molecule has 7 nitrogen and oxygen atoms in total. The molecule has 8 heteroatoms. The molecule has 4 rings (SSSR count). The third kappa shape index (κ3) is 5.22. The lowest BCUT2D eigenvalue weighted by Gasteiger charge is -2.29. The van der Waals surface area contributed by atoms with E-state index < -0.39 is 0 Å². The van der Waals surface area contributed by atoms with Gasteiger partial charge < -0.3 is 15.5 Å². The number of thioether (sulfide) groups is 1. The van der Waals surface area contributed by atoms with E-state index in [-0.39, 0.29) is 11.9 Å². The van der Waals surface area contributed by atoms with Crippen molar-refractivity contribution in [3.63, 3.8) is 0 Å². The highest BCUT2D eigenvalue weighted by molar-refractivity contribution is 7.99. The average Bonchev–Trinajstić information content (AvgIpc) is 3.23. The van der Waals surface area contributed by atoms with Crippen molar-refractivity contribution in [2.75, 3.05) is 35.4 Å². The summed E-state index contributed by atoms with van der Waals surface area (Å²) in [6, 6.07) is 13.8. The number of benzene rings is 2. The second-order valence-corrected chi connectivity index (χ2v) is 10.2. The Hall–Kier alpha value is -3.26. The number of rotatable bonds is 8. The molecule has 1 aliphatic heterocycles. The summed E-state index contributed by atoms with van der Waals surface area (Å²) >= 11 is 1.65. The number of unbranched alkanes of at least 4 members (excludes halogenated alkanes) is 1. The number of hydrogen-bond donors (Lipinski definition) is 2. The number of allylic oxidation sites excluding steroid dienone is 1. The lowest BCUT2D eigenvalue weighted by molar-refractivity contribution is -0.113. The van der Waals surface area contributed by atoms with Gasteiger partial charge in [0, 0.05) is 36.9 Å². The molecule has 0 radical (unpaired) electrons. The maximum atomic E-state index is 13.7. The third-order valence-corrected chi connectivity index (χ3v) is 7.31. The van der Waals surface area contributed by atoms with Crippen LogP contribution in [0.25, 0.3) is 0 Å². The van der Waals surface area contributed by atoms with E-state index in [1.807, 2.05) is 57.7 Å². The fraction of sp³-hybridized carbons (Fsp3) is 0.370. The van der Waals surface area contributed by atoms with Gasteiger partial charge in [-0.05, 0) is 62.1 Å². The van der Waals surface area contributed by atoms with E-state index in [1.165, 1.54) is 0 Å². The SMILES string of the molecule is CCCCSc1nc2n(n1)C(c1ccc(N(C)C)cc1)C(C(=O)Nc1cccc(C)c1C)=C(C)N2. The number of anilines is 3. The van der Waals surface area contributed by atoms with E-state index in [1.54, 1.807) is 11.8 Å². The van der Waals surface area contributed by atoms with Gasteiger partial charge in [0.1, 0.15) is 6.04 Å². The molecular formula is C27H34N6OS. The van der Waals surface area contributed by atoms with Gasteiger partial charge in [-0.25, -0.2) is 4.68 Å². The van der Waals surface area contributed by atoms with Gasteiger partial charge >= 0.3 is 0 Å². The minimum absolute atomic E-state index is 0.147. The normalized spacial score (nSPS) is 15.0. The first-order valence-electron chi connectivity index (χ1n) is 12.0. The van der Waals surface area contributed by atoms with Crippen molar-refractivity contribution in [1.29, 1.82) is 0 Å². The number of aromatic nitrogens is 3. The van der Waals surface area contributed by atoms with Crippen LogP contribution < -0.4 is 15.5 Å². The summed E-state index contributed by atoms with van der Waals surface area (Å²) in [6.45, 7) is 8.18. The molecule has 184 valence electrons. The van der Waals surface area contributed by atoms with Crippen LogP contribution in [-0.4, -0.2) is 40.5 Å². The van der Waals surface area contributed by atoms with Crippen LogP contribution in [0.4, 0.5) is 17.3 Å². The molecule has 0 aliphatic carbocycles. The highest BCUT2D eigenvalue weighted by atomic mass is 32.2. The minimum Gasteiger partial charge on any atom is -0.378 e. The first-order valence-corrected chi connectivity index (χ1v) is 13.0. The van der Waals surface area contributed by atoms with Gasteiger partial charge in [-0.15, -0.1) is 5.10 Å². The van der Waals surface area contributed by atoms with Crippen molar-refractivity contribution in [3.8, 4) is 0 Å². The fourth-order valence-corrected chi connectivity index (χ4v) is 5.05. The molecule has 2 heterocycles. The summed E-state index contributed by atoms with van der Waals surface area (Å²) in [4.78, 5) is 20.5. The Bertz CT molecular complexity index is 1250. The van der Waals surface area contributed by atoms with Crippen molar-refractivity contribution >= 4 is 35.0 Å². The zero-order chi connectivity index (χ0) is 25.1. The van der Waals surface area contributed by atoms with Gasteiger partial charge in [-0.2, -0.15) is 4.98 Å². The molecule has 1 aliphatic rings. The first kappa shape index (κ1) is 24.9. The Morgan fingerprint density at radius 1 is 1.14 bits per heavy atom. The monoisotopic (exact) mass is 490 g/mol. The van der Waals surface area contributed by atoms with Gasteiger partial charge in [-0.1, -0.05) is 49.4 Å². The maximum Gasteiger partial charge on any atom is 0.255 e. The molecule has 0 saturated heterocycles. The molecule has 1 atom stereocenters. The summed E-state index contributed by atoms with van der Waals surface area (Å²) in [5.41, 5.74) is 6.50. The number of hydrogen-bond acceptors (Lipinski definition) is 6. The third-order valence-electron chi connectivity index (χ3n) is 6.38. The molecule has 0 saturated carbocycles. The number of nitrogens with zero attached hydrogens (tertiary/aromatic N) is 4. The van der Waals surface area contributed by atoms with Gasteiger partial charge in [0.25, 0.3) is 5.91 Å². The summed E-state index contributed by atoms with van der Waals surface area (Å²) in [5, 5.41) is 12.0. The van der Waals surface area contributed by atoms with Crippen molar-refractivity contribution < 1.29 is 4.79 Å². The molecule has 2 aromatic carbocycles. The average molecular weight is 491 g/mol. The Kier molecular flexibility index (Phi) is 7.50. The Morgan fingerprint density at radius 2 is 1.89 bits per heavy atom. The number of nitrogens with one attached hydrogen (secondary N) is 2. The number of carbonyl (C=O) groups is 1. The zero-order valence-corrected chi connectivity index (χ0v) is 22.2. The largest absolute Gasteiger partial charge is 0.378 e. The van der Waals surface area contributed by atoms with Crippen molar-refractivity contribution in [2.24, 2.45) is 0 Å². The van der Waals surface area contributed by atoms with Crippen LogP contribution in [0.3, 0.4) is 0 Å². The van der Waals surface area contributed by atoms with Crippen LogP contribution in [-0.2, 0) is 4.79 Å². The van der Waals surface area contributed by atoms with Crippen LogP contribution in [0, 0.1) is 13.8 Å². The molecular weight excluding hydrogens is 456 g/mol. The maximum absolute atomic E-state index is 13.7. The van der Waals surface area contributed by atoms with E-state index in [9.17, 15) is 4.79 Å². The van der Waals surface area contributed by atoms with Crippen LogP contribution >= 0.6 is 11.8 Å². The van der Waals surface area contributed by atoms with Gasteiger partial charge in [0.2, 0.25) is 11.1 Å². The van der Waals surface area contributed by atoms with E-state index in [2.05, 4.69) is 46.7 Å². The Morgan fingerprint density at radius 3 is 2.57 bits per heavy atom. The molecule has 0 bridgehead atoms. The minimum atomic E-state index is -0.388. The second kappa shape index (κ2) is 10.6. The van der Waals surface area contributed by atoms with Crippen LogP contribution in [0.1, 0.15) is 49.4 Å². The summed E-state index contributed by atoms with van der Waals surface area (Å²) in [7, 11) is 4.03. The van der Waals surface area contributed by atoms with Crippen molar-refractivity contribution in [2.45, 2.75) is 51.7 Å². The smallest absolute Gasteiger partial charge is 0.255 e. The molecule has 1 unspecified atom stereocenters. The molecule has 1 amide bonds. The number of fused-ring (bicyclic) bond motifs is 1. The van der Waals surface area contributed by atoms with Crippen molar-refractivity contribution in [3.05, 3.63) is 70.4 Å². The number of amides is 1. The van der Waals surface area contributed by atoms with E-state index >= 15 is 0 Å². The topological polar surface area (TPSA) is 75.1 Å². The fourth-order valence-electron chi connectivity index (χ4n) is 4.13. The Balaban J connectivity index is 1.74. The van der Waals surface area contributed by atoms with Crippen LogP contribution in [0.15, 0.2) is 58.9 Å². The first-order chi connectivity index (χ1) is 16.8. The van der Waals surface area contributed by atoms with E-state index in [0.29, 0.717) is 11.5 Å². The quantitative estimate of drug-likeness (QED) is 0.308. The Labute approximate surface area is 212 Å². The van der Waals surface area contributed by atoms with Crippen molar-refractivity contribution in [1.82, 2.24) is 14.8 Å². The standard InChI is InChI=1S/C27H34N6OS/c1-7-8-16-35-27-30-26-28-19(4)23(25(34)29-22-11-9-10-17(2)18(22)3)24(33(26)31-27)20-12-14-21(15-13-20)32(5)6/h9-15,24H,7-8,16H2,1-6H3,(H,29,34)(H,28,30,31). The molecule has 0 spiro atoms. The number of aryl methyl sites for hydroxylation is 1. The van der Waals surface area contributed by atoms with Gasteiger partial charge in [0.15, 0.2) is 0 Å². The highest BCUT2D eigenvalue weighted by Gasteiger charge is 2.34. The number of carbonyl (C=O) groups excluding carboxylic acids is 1. The molecule has 1 aromatic heterocycles. The summed E-state index contributed by atoms with van der Waals surface area (Å²) in [6.07, 6.45) is 2.24. The lowest BCUT2D eigenvalue weighted by atomic mass is 9.94. The van der Waals surface area contributed by atoms with Crippen LogP contribution in [0.5, 0.6) is 0 Å². The summed E-state index contributed by atoms with van der Waals surface area (Å²) in [5.74, 6) is 1.48. The molecule has 0 fully saturated rings. The van der Waals surface area contributed by atoms with Gasteiger partial charge in [-0.3, -0.25) is 4.79 Å². The predicted molar refractivity (Wildman–Crippen MR) is 145 cm³/mol. The molecule has 2 N–H and O–H groups in total. The molecule has 35 heavy (non-hydrogen) atoms. The summed E-state index contributed by atoms with van der Waals surface area (Å²) < 4.78 is 1.85. The van der Waals surface area contributed by atoms with Crippen LogP contribution in [0.2, 0.25) is 0 Å². The van der Waals surface area contributed by atoms with E-state index in [0.717, 1.165) is 57.5 Å². The highest BCUT2D eigenvalue weighted by Crippen LogP contribution is 2.37. The predicted octanol–water partition coefficient (Wildman–Crippen LogP) is 5.78. The van der Waals surface area contributed by atoms with Gasteiger partial charge in [0.05, 0.1) is 5.57 Å². The second-order valence-electron chi connectivity index (χ2n) is 9.12.